The molecule has 0 aliphatic heterocycles. The number of aryl methyl sites for hydroxylation is 3. The summed E-state index contributed by atoms with van der Waals surface area (Å²) in [5.74, 6) is -0.408. The summed E-state index contributed by atoms with van der Waals surface area (Å²) >= 11 is 1.59. The lowest BCUT2D eigenvalue weighted by atomic mass is 10.2. The first-order valence-electron chi connectivity index (χ1n) is 7.48. The summed E-state index contributed by atoms with van der Waals surface area (Å²) in [6.45, 7) is 7.65. The van der Waals surface area contributed by atoms with Gasteiger partial charge >= 0.3 is 5.97 Å². The standard InChI is InChI=1S/C16H18N4O2S/c1-5-12-18-10(3)14(23-12)11(4)22-16(21)13-9(2)19-20-8-6-7-17-15(13)20/h6-8,11H,5H2,1-4H3. The van der Waals surface area contributed by atoms with E-state index in [9.17, 15) is 4.79 Å². The molecule has 3 aromatic heterocycles. The molecule has 0 fully saturated rings. The summed E-state index contributed by atoms with van der Waals surface area (Å²) in [5, 5.41) is 5.34. The van der Waals surface area contributed by atoms with Crippen molar-refractivity contribution < 1.29 is 9.53 Å². The van der Waals surface area contributed by atoms with Crippen LogP contribution in [0.15, 0.2) is 18.5 Å². The third kappa shape index (κ3) is 2.84. The molecule has 0 amide bonds. The van der Waals surface area contributed by atoms with Crippen LogP contribution in [0, 0.1) is 13.8 Å². The van der Waals surface area contributed by atoms with Crippen LogP contribution in [0.1, 0.15) is 51.6 Å². The molecule has 0 bridgehead atoms. The number of ether oxygens (including phenoxy) is 1. The zero-order valence-corrected chi connectivity index (χ0v) is 14.3. The molecule has 0 spiro atoms. The van der Waals surface area contributed by atoms with E-state index in [4.69, 9.17) is 4.74 Å². The van der Waals surface area contributed by atoms with Gasteiger partial charge in [-0.2, -0.15) is 5.10 Å². The fraction of sp³-hybridized carbons (Fsp3) is 0.375. The van der Waals surface area contributed by atoms with Gasteiger partial charge in [0.25, 0.3) is 0 Å². The van der Waals surface area contributed by atoms with Gasteiger partial charge in [0.15, 0.2) is 5.65 Å². The summed E-state index contributed by atoms with van der Waals surface area (Å²) < 4.78 is 7.23. The van der Waals surface area contributed by atoms with Crippen LogP contribution in [0.2, 0.25) is 0 Å². The summed E-state index contributed by atoms with van der Waals surface area (Å²) in [6, 6.07) is 1.77. The van der Waals surface area contributed by atoms with Crippen molar-refractivity contribution in [3.05, 3.63) is 45.3 Å². The number of hydrogen-bond donors (Lipinski definition) is 0. The van der Waals surface area contributed by atoms with Gasteiger partial charge < -0.3 is 4.74 Å². The Bertz CT molecular complexity index is 868. The zero-order valence-electron chi connectivity index (χ0n) is 13.5. The normalized spacial score (nSPS) is 12.5. The van der Waals surface area contributed by atoms with E-state index >= 15 is 0 Å². The first kappa shape index (κ1) is 15.6. The Morgan fingerprint density at radius 2 is 2.17 bits per heavy atom. The minimum atomic E-state index is -0.408. The Morgan fingerprint density at radius 1 is 1.39 bits per heavy atom. The van der Waals surface area contributed by atoms with E-state index in [-0.39, 0.29) is 6.10 Å². The van der Waals surface area contributed by atoms with Gasteiger partial charge in [-0.05, 0) is 33.3 Å². The van der Waals surface area contributed by atoms with Crippen molar-refractivity contribution in [1.29, 1.82) is 0 Å². The highest BCUT2D eigenvalue weighted by Gasteiger charge is 2.24. The SMILES string of the molecule is CCc1nc(C)c(C(C)OC(=O)c2c(C)nn3cccnc23)s1. The fourth-order valence-electron chi connectivity index (χ4n) is 2.50. The predicted octanol–water partition coefficient (Wildman–Crippen LogP) is 3.28. The number of thiazole rings is 1. The highest BCUT2D eigenvalue weighted by molar-refractivity contribution is 7.11. The molecule has 3 aromatic rings. The smallest absolute Gasteiger partial charge is 0.344 e. The minimum absolute atomic E-state index is 0.349. The Hall–Kier alpha value is -2.28. The molecule has 1 atom stereocenters. The second kappa shape index (κ2) is 6.08. The first-order valence-corrected chi connectivity index (χ1v) is 8.30. The third-order valence-electron chi connectivity index (χ3n) is 3.61. The van der Waals surface area contributed by atoms with Crippen LogP contribution in [-0.4, -0.2) is 25.6 Å². The third-order valence-corrected chi connectivity index (χ3v) is 5.07. The highest BCUT2D eigenvalue weighted by Crippen LogP contribution is 2.29. The van der Waals surface area contributed by atoms with Crippen molar-refractivity contribution in [1.82, 2.24) is 19.6 Å². The van der Waals surface area contributed by atoms with Gasteiger partial charge in [-0.25, -0.2) is 19.3 Å². The molecule has 0 aliphatic rings. The molecule has 6 nitrogen and oxygen atoms in total. The summed E-state index contributed by atoms with van der Waals surface area (Å²) in [5.41, 5.74) is 2.45. The number of esters is 1. The number of carbonyl (C=O) groups excluding carboxylic acids is 1. The van der Waals surface area contributed by atoms with E-state index in [1.807, 2.05) is 13.8 Å². The molecule has 7 heteroatoms. The van der Waals surface area contributed by atoms with E-state index in [0.717, 1.165) is 22.0 Å². The maximum atomic E-state index is 12.6. The molecule has 0 aliphatic carbocycles. The van der Waals surface area contributed by atoms with Gasteiger partial charge in [0.2, 0.25) is 0 Å². The van der Waals surface area contributed by atoms with Crippen LogP contribution in [0.25, 0.3) is 5.65 Å². The largest absolute Gasteiger partial charge is 0.453 e. The average molecular weight is 330 g/mol. The Balaban J connectivity index is 1.88. The van der Waals surface area contributed by atoms with Crippen LogP contribution in [0.3, 0.4) is 0 Å². The fourth-order valence-corrected chi connectivity index (χ4v) is 3.49. The van der Waals surface area contributed by atoms with Crippen LogP contribution >= 0.6 is 11.3 Å². The molecule has 3 rings (SSSR count). The Labute approximate surface area is 138 Å². The molecule has 1 unspecified atom stereocenters. The van der Waals surface area contributed by atoms with Crippen molar-refractivity contribution >= 4 is 23.0 Å². The molecule has 0 radical (unpaired) electrons. The van der Waals surface area contributed by atoms with E-state index in [1.165, 1.54) is 0 Å². The van der Waals surface area contributed by atoms with Gasteiger partial charge in [0.1, 0.15) is 11.7 Å². The van der Waals surface area contributed by atoms with Crippen molar-refractivity contribution in [2.24, 2.45) is 0 Å². The second-order valence-corrected chi connectivity index (χ2v) is 6.42. The molecule has 0 aromatic carbocycles. The number of aromatic nitrogens is 4. The lowest BCUT2D eigenvalue weighted by Crippen LogP contribution is -2.10. The lowest BCUT2D eigenvalue weighted by Gasteiger charge is -2.11. The molecule has 0 N–H and O–H groups in total. The summed E-state index contributed by atoms with van der Waals surface area (Å²) in [4.78, 5) is 22.3. The molecule has 3 heterocycles. The minimum Gasteiger partial charge on any atom is -0.453 e. The van der Waals surface area contributed by atoms with Gasteiger partial charge in [0, 0.05) is 12.4 Å². The van der Waals surface area contributed by atoms with Crippen LogP contribution < -0.4 is 0 Å². The zero-order chi connectivity index (χ0) is 16.6. The number of rotatable bonds is 4. The molecule has 23 heavy (non-hydrogen) atoms. The molecule has 0 saturated heterocycles. The first-order chi connectivity index (χ1) is 11.0. The predicted molar refractivity (Wildman–Crippen MR) is 87.8 cm³/mol. The van der Waals surface area contributed by atoms with Gasteiger partial charge in [-0.3, -0.25) is 0 Å². The molecular weight excluding hydrogens is 312 g/mol. The van der Waals surface area contributed by atoms with Crippen LogP contribution in [0.4, 0.5) is 0 Å². The van der Waals surface area contributed by atoms with Crippen molar-refractivity contribution in [2.75, 3.05) is 0 Å². The average Bonchev–Trinajstić information content (AvgIpc) is 3.06. The number of hydrogen-bond acceptors (Lipinski definition) is 6. The van der Waals surface area contributed by atoms with Crippen molar-refractivity contribution in [3.8, 4) is 0 Å². The molecule has 120 valence electrons. The van der Waals surface area contributed by atoms with E-state index < -0.39 is 5.97 Å². The van der Waals surface area contributed by atoms with Gasteiger partial charge in [-0.15, -0.1) is 11.3 Å². The Kier molecular flexibility index (Phi) is 4.12. The maximum absolute atomic E-state index is 12.6. The van der Waals surface area contributed by atoms with Gasteiger partial charge in [0.05, 0.1) is 21.3 Å². The van der Waals surface area contributed by atoms with E-state index in [1.54, 1.807) is 41.2 Å². The van der Waals surface area contributed by atoms with E-state index in [2.05, 4.69) is 22.0 Å². The lowest BCUT2D eigenvalue weighted by molar-refractivity contribution is 0.0345. The molecular formula is C16H18N4O2S. The maximum Gasteiger partial charge on any atom is 0.344 e. The second-order valence-electron chi connectivity index (χ2n) is 5.31. The molecule has 0 saturated carbocycles. The quantitative estimate of drug-likeness (QED) is 0.687. The topological polar surface area (TPSA) is 69.4 Å². The summed E-state index contributed by atoms with van der Waals surface area (Å²) in [6.07, 6.45) is 3.93. The highest BCUT2D eigenvalue weighted by atomic mass is 32.1. The Morgan fingerprint density at radius 3 is 2.87 bits per heavy atom. The van der Waals surface area contributed by atoms with Crippen molar-refractivity contribution in [3.63, 3.8) is 0 Å². The van der Waals surface area contributed by atoms with Crippen LogP contribution in [0.5, 0.6) is 0 Å². The number of fused-ring (bicyclic) bond motifs is 1. The van der Waals surface area contributed by atoms with Gasteiger partial charge in [-0.1, -0.05) is 6.92 Å². The monoisotopic (exact) mass is 330 g/mol. The number of nitrogens with zero attached hydrogens (tertiary/aromatic N) is 4. The number of carbonyl (C=O) groups is 1. The van der Waals surface area contributed by atoms with Crippen LogP contribution in [-0.2, 0) is 11.2 Å². The summed E-state index contributed by atoms with van der Waals surface area (Å²) in [7, 11) is 0. The van der Waals surface area contributed by atoms with Crippen molar-refractivity contribution in [2.45, 2.75) is 40.2 Å². The van der Waals surface area contributed by atoms with E-state index in [0.29, 0.717) is 16.9 Å².